The lowest BCUT2D eigenvalue weighted by molar-refractivity contribution is -0.129. The van der Waals surface area contributed by atoms with E-state index in [1.54, 1.807) is 0 Å². The Morgan fingerprint density at radius 3 is 2.74 bits per heavy atom. The highest BCUT2D eigenvalue weighted by molar-refractivity contribution is 5.80. The summed E-state index contributed by atoms with van der Waals surface area (Å²) >= 11 is 0. The Hall–Kier alpha value is -2.37. The van der Waals surface area contributed by atoms with Crippen LogP contribution in [0.5, 0.6) is 0 Å². The standard InChI is InChI=1S/C17H20N4O2/c22-14(21-10-9-17(12-21)7-4-8-17)11-18-16-20-19-15(23-16)13-5-2-1-3-6-13/h1-3,5-6H,4,7-12H2,(H,18,20). The summed E-state index contributed by atoms with van der Waals surface area (Å²) in [5.74, 6) is 0.559. The van der Waals surface area contributed by atoms with Crippen LogP contribution in [0, 0.1) is 5.41 Å². The van der Waals surface area contributed by atoms with Crippen molar-refractivity contribution in [3.63, 3.8) is 0 Å². The highest BCUT2D eigenvalue weighted by atomic mass is 16.4. The number of carbonyl (C=O) groups excluding carboxylic acids is 1. The highest BCUT2D eigenvalue weighted by Gasteiger charge is 2.43. The van der Waals surface area contributed by atoms with E-state index in [1.807, 2.05) is 35.2 Å². The van der Waals surface area contributed by atoms with Gasteiger partial charge in [0.15, 0.2) is 0 Å². The van der Waals surface area contributed by atoms with Crippen molar-refractivity contribution in [1.82, 2.24) is 15.1 Å². The molecule has 0 radical (unpaired) electrons. The maximum atomic E-state index is 12.3. The summed E-state index contributed by atoms with van der Waals surface area (Å²) in [5.41, 5.74) is 1.30. The molecule has 0 atom stereocenters. The van der Waals surface area contributed by atoms with Crippen molar-refractivity contribution in [2.75, 3.05) is 25.0 Å². The van der Waals surface area contributed by atoms with Gasteiger partial charge in [-0.1, -0.05) is 29.7 Å². The first-order valence-electron chi connectivity index (χ1n) is 8.15. The molecule has 1 saturated heterocycles. The second kappa shape index (κ2) is 5.68. The molecule has 2 aliphatic rings. The summed E-state index contributed by atoms with van der Waals surface area (Å²) in [7, 11) is 0. The first-order valence-corrected chi connectivity index (χ1v) is 8.15. The van der Waals surface area contributed by atoms with Crippen LogP contribution >= 0.6 is 0 Å². The minimum Gasteiger partial charge on any atom is -0.403 e. The normalized spacial score (nSPS) is 18.9. The topological polar surface area (TPSA) is 71.3 Å². The van der Waals surface area contributed by atoms with Crippen LogP contribution in [0.2, 0.25) is 0 Å². The molecule has 0 bridgehead atoms. The summed E-state index contributed by atoms with van der Waals surface area (Å²) in [6.45, 7) is 1.98. The predicted octanol–water partition coefficient (Wildman–Crippen LogP) is 2.55. The summed E-state index contributed by atoms with van der Waals surface area (Å²) in [5, 5.41) is 10.9. The molecule has 2 fully saturated rings. The quantitative estimate of drug-likeness (QED) is 0.939. The molecule has 1 aromatic heterocycles. The smallest absolute Gasteiger partial charge is 0.316 e. The fraction of sp³-hybridized carbons (Fsp3) is 0.471. The third-order valence-electron chi connectivity index (χ3n) is 5.04. The number of nitrogens with zero attached hydrogens (tertiary/aromatic N) is 3. The van der Waals surface area contributed by atoms with E-state index in [9.17, 15) is 4.79 Å². The lowest BCUT2D eigenvalue weighted by Crippen LogP contribution is -2.38. The number of likely N-dealkylation sites (tertiary alicyclic amines) is 1. The summed E-state index contributed by atoms with van der Waals surface area (Å²) in [6.07, 6.45) is 5.00. The molecule has 1 spiro atoms. The van der Waals surface area contributed by atoms with Crippen molar-refractivity contribution in [3.05, 3.63) is 30.3 Å². The average Bonchev–Trinajstić information content (AvgIpc) is 3.20. The van der Waals surface area contributed by atoms with Crippen molar-refractivity contribution in [1.29, 1.82) is 0 Å². The van der Waals surface area contributed by atoms with Crippen LogP contribution in [0.4, 0.5) is 6.01 Å². The molecule has 120 valence electrons. The Bertz CT molecular complexity index is 694. The summed E-state index contributed by atoms with van der Waals surface area (Å²) in [4.78, 5) is 14.3. The number of amides is 1. The minimum absolute atomic E-state index is 0.105. The maximum absolute atomic E-state index is 12.3. The number of hydrogen-bond acceptors (Lipinski definition) is 5. The highest BCUT2D eigenvalue weighted by Crippen LogP contribution is 2.47. The van der Waals surface area contributed by atoms with Gasteiger partial charge < -0.3 is 14.6 Å². The zero-order valence-electron chi connectivity index (χ0n) is 13.0. The zero-order chi connectivity index (χ0) is 15.7. The first-order chi connectivity index (χ1) is 11.2. The van der Waals surface area contributed by atoms with Gasteiger partial charge in [-0.25, -0.2) is 0 Å². The van der Waals surface area contributed by atoms with Crippen LogP contribution in [-0.2, 0) is 4.79 Å². The Morgan fingerprint density at radius 2 is 2.04 bits per heavy atom. The number of anilines is 1. The van der Waals surface area contributed by atoms with Crippen molar-refractivity contribution >= 4 is 11.9 Å². The van der Waals surface area contributed by atoms with Gasteiger partial charge in [-0.2, -0.15) is 0 Å². The molecule has 1 aliphatic heterocycles. The molecule has 1 aliphatic carbocycles. The summed E-state index contributed by atoms with van der Waals surface area (Å²) in [6, 6.07) is 9.87. The fourth-order valence-electron chi connectivity index (χ4n) is 3.49. The third kappa shape index (κ3) is 2.81. The van der Waals surface area contributed by atoms with Crippen molar-refractivity contribution in [3.8, 4) is 11.5 Å². The molecule has 1 aromatic carbocycles. The van der Waals surface area contributed by atoms with E-state index in [0.29, 0.717) is 11.3 Å². The van der Waals surface area contributed by atoms with Crippen molar-refractivity contribution < 1.29 is 9.21 Å². The van der Waals surface area contributed by atoms with E-state index < -0.39 is 0 Å². The molecular formula is C17H20N4O2. The SMILES string of the molecule is O=C(CNc1nnc(-c2ccccc2)o1)N1CCC2(CCC2)C1. The maximum Gasteiger partial charge on any atom is 0.316 e. The van der Waals surface area contributed by atoms with E-state index in [0.717, 1.165) is 25.1 Å². The molecule has 1 N–H and O–H groups in total. The van der Waals surface area contributed by atoms with Crippen molar-refractivity contribution in [2.24, 2.45) is 5.41 Å². The van der Waals surface area contributed by atoms with Crippen LogP contribution in [0.15, 0.2) is 34.7 Å². The Kier molecular flexibility index (Phi) is 3.52. The second-order valence-electron chi connectivity index (χ2n) is 6.55. The Labute approximate surface area is 134 Å². The van der Waals surface area contributed by atoms with E-state index in [-0.39, 0.29) is 18.5 Å². The van der Waals surface area contributed by atoms with Gasteiger partial charge in [-0.3, -0.25) is 4.79 Å². The third-order valence-corrected chi connectivity index (χ3v) is 5.04. The molecule has 2 aromatic rings. The fourth-order valence-corrected chi connectivity index (χ4v) is 3.49. The molecule has 0 unspecified atom stereocenters. The largest absolute Gasteiger partial charge is 0.403 e. The van der Waals surface area contributed by atoms with Crippen LogP contribution in [0.25, 0.3) is 11.5 Å². The Morgan fingerprint density at radius 1 is 1.22 bits per heavy atom. The lowest BCUT2D eigenvalue weighted by Gasteiger charge is -2.37. The summed E-state index contributed by atoms with van der Waals surface area (Å²) < 4.78 is 5.55. The van der Waals surface area contributed by atoms with E-state index >= 15 is 0 Å². The monoisotopic (exact) mass is 312 g/mol. The molecule has 1 saturated carbocycles. The second-order valence-corrected chi connectivity index (χ2v) is 6.55. The van der Waals surface area contributed by atoms with Crippen LogP contribution in [-0.4, -0.2) is 40.6 Å². The number of carbonyl (C=O) groups is 1. The Balaban J connectivity index is 1.33. The molecule has 6 nitrogen and oxygen atoms in total. The zero-order valence-corrected chi connectivity index (χ0v) is 13.0. The van der Waals surface area contributed by atoms with E-state index in [1.165, 1.54) is 19.3 Å². The van der Waals surface area contributed by atoms with Gasteiger partial charge in [0.05, 0.1) is 6.54 Å². The van der Waals surface area contributed by atoms with Gasteiger partial charge in [0.1, 0.15) is 0 Å². The van der Waals surface area contributed by atoms with Crippen LogP contribution in [0.1, 0.15) is 25.7 Å². The van der Waals surface area contributed by atoms with Crippen LogP contribution < -0.4 is 5.32 Å². The van der Waals surface area contributed by atoms with Gasteiger partial charge in [-0.15, -0.1) is 5.10 Å². The van der Waals surface area contributed by atoms with Gasteiger partial charge >= 0.3 is 6.01 Å². The first kappa shape index (κ1) is 14.2. The molecule has 4 rings (SSSR count). The molecular weight excluding hydrogens is 292 g/mol. The van der Waals surface area contributed by atoms with E-state index in [4.69, 9.17) is 4.42 Å². The lowest BCUT2D eigenvalue weighted by atomic mass is 9.68. The van der Waals surface area contributed by atoms with Crippen molar-refractivity contribution in [2.45, 2.75) is 25.7 Å². The van der Waals surface area contributed by atoms with E-state index in [2.05, 4.69) is 15.5 Å². The number of nitrogens with one attached hydrogen (secondary N) is 1. The average molecular weight is 312 g/mol. The molecule has 6 heteroatoms. The molecule has 2 heterocycles. The van der Waals surface area contributed by atoms with Gasteiger partial charge in [0.25, 0.3) is 0 Å². The number of hydrogen-bond donors (Lipinski definition) is 1. The predicted molar refractivity (Wildman–Crippen MR) is 85.7 cm³/mol. The molecule has 1 amide bonds. The minimum atomic E-state index is 0.105. The van der Waals surface area contributed by atoms with Gasteiger partial charge in [0.2, 0.25) is 11.8 Å². The van der Waals surface area contributed by atoms with Crippen LogP contribution in [0.3, 0.4) is 0 Å². The number of rotatable bonds is 4. The molecule has 23 heavy (non-hydrogen) atoms. The van der Waals surface area contributed by atoms with Gasteiger partial charge in [0, 0.05) is 18.7 Å². The van der Waals surface area contributed by atoms with Gasteiger partial charge in [-0.05, 0) is 36.8 Å². The number of benzene rings is 1. The number of aromatic nitrogens is 2.